The first-order valence-electron chi connectivity index (χ1n) is 7.52. The highest BCUT2D eigenvalue weighted by Crippen LogP contribution is 2.29. The van der Waals surface area contributed by atoms with Crippen molar-refractivity contribution in [1.82, 2.24) is 5.32 Å². The van der Waals surface area contributed by atoms with Gasteiger partial charge in [-0.05, 0) is 37.5 Å². The maximum atomic E-state index is 3.79. The Balaban J connectivity index is 2.53. The van der Waals surface area contributed by atoms with Gasteiger partial charge in [0.2, 0.25) is 0 Å². The van der Waals surface area contributed by atoms with Crippen molar-refractivity contribution < 1.29 is 0 Å². The number of hydrogen-bond donors (Lipinski definition) is 1. The maximum absolute atomic E-state index is 3.79. The Hall–Kier alpha value is -0.470. The van der Waals surface area contributed by atoms with Crippen molar-refractivity contribution in [2.24, 2.45) is 0 Å². The van der Waals surface area contributed by atoms with Crippen molar-refractivity contribution in [2.75, 3.05) is 12.8 Å². The van der Waals surface area contributed by atoms with Crippen LogP contribution in [0.3, 0.4) is 0 Å². The van der Waals surface area contributed by atoms with E-state index in [1.54, 1.807) is 0 Å². The van der Waals surface area contributed by atoms with Crippen molar-refractivity contribution in [3.05, 3.63) is 35.9 Å². The van der Waals surface area contributed by atoms with Crippen molar-refractivity contribution in [1.29, 1.82) is 0 Å². The van der Waals surface area contributed by atoms with Crippen LogP contribution in [0.15, 0.2) is 30.3 Å². The Morgan fingerprint density at radius 1 is 1.11 bits per heavy atom. The molecule has 0 aliphatic heterocycles. The minimum atomic E-state index is 0.407. The second-order valence-corrected chi connectivity index (χ2v) is 6.54. The van der Waals surface area contributed by atoms with E-state index in [2.05, 4.69) is 62.7 Å². The highest BCUT2D eigenvalue weighted by molar-refractivity contribution is 8.00. The monoisotopic (exact) mass is 279 g/mol. The SMILES string of the molecule is CCC(Cc1ccccc1)NCC(CC)(CC)SC. The average molecular weight is 279 g/mol. The van der Waals surface area contributed by atoms with Crippen LogP contribution in [0.2, 0.25) is 0 Å². The number of nitrogens with one attached hydrogen (secondary N) is 1. The molecule has 0 saturated heterocycles. The molecule has 1 aromatic carbocycles. The van der Waals surface area contributed by atoms with Gasteiger partial charge in [0, 0.05) is 17.3 Å². The molecule has 0 heterocycles. The summed E-state index contributed by atoms with van der Waals surface area (Å²) in [5, 5.41) is 3.79. The molecule has 1 aromatic rings. The summed E-state index contributed by atoms with van der Waals surface area (Å²) in [5.74, 6) is 0. The lowest BCUT2D eigenvalue weighted by Crippen LogP contribution is -2.42. The van der Waals surface area contributed by atoms with E-state index < -0.39 is 0 Å². The molecular weight excluding hydrogens is 250 g/mol. The number of rotatable bonds is 9. The molecule has 0 aliphatic rings. The van der Waals surface area contributed by atoms with Gasteiger partial charge in [-0.1, -0.05) is 51.1 Å². The van der Waals surface area contributed by atoms with Gasteiger partial charge in [-0.3, -0.25) is 0 Å². The van der Waals surface area contributed by atoms with Gasteiger partial charge in [0.05, 0.1) is 0 Å². The Labute approximate surface area is 123 Å². The zero-order valence-electron chi connectivity index (χ0n) is 12.9. The van der Waals surface area contributed by atoms with Crippen LogP contribution in [-0.2, 0) is 6.42 Å². The number of thioether (sulfide) groups is 1. The molecule has 0 amide bonds. The molecule has 19 heavy (non-hydrogen) atoms. The van der Waals surface area contributed by atoms with Gasteiger partial charge in [0.25, 0.3) is 0 Å². The molecule has 0 radical (unpaired) electrons. The van der Waals surface area contributed by atoms with Crippen LogP contribution in [0.25, 0.3) is 0 Å². The van der Waals surface area contributed by atoms with Crippen LogP contribution < -0.4 is 5.32 Å². The van der Waals surface area contributed by atoms with Gasteiger partial charge in [-0.25, -0.2) is 0 Å². The fraction of sp³-hybridized carbons (Fsp3) is 0.647. The predicted octanol–water partition coefficient (Wildman–Crippen LogP) is 4.52. The third kappa shape index (κ3) is 5.19. The normalized spacial score (nSPS) is 13.5. The Bertz CT molecular complexity index is 324. The van der Waals surface area contributed by atoms with Crippen LogP contribution in [-0.4, -0.2) is 23.6 Å². The topological polar surface area (TPSA) is 12.0 Å². The fourth-order valence-corrected chi connectivity index (χ4v) is 3.26. The van der Waals surface area contributed by atoms with Gasteiger partial charge in [0.15, 0.2) is 0 Å². The highest BCUT2D eigenvalue weighted by Gasteiger charge is 2.25. The second kappa shape index (κ2) is 8.65. The summed E-state index contributed by atoms with van der Waals surface area (Å²) in [7, 11) is 0. The molecule has 1 atom stereocenters. The lowest BCUT2D eigenvalue weighted by atomic mass is 9.99. The molecule has 1 nitrogen and oxygen atoms in total. The zero-order chi connectivity index (χ0) is 14.1. The van der Waals surface area contributed by atoms with E-state index in [0.717, 1.165) is 13.0 Å². The zero-order valence-corrected chi connectivity index (χ0v) is 13.7. The summed E-state index contributed by atoms with van der Waals surface area (Å²) in [4.78, 5) is 0. The molecule has 0 aliphatic carbocycles. The van der Waals surface area contributed by atoms with E-state index in [1.165, 1.54) is 24.8 Å². The fourth-order valence-electron chi connectivity index (χ4n) is 2.45. The average Bonchev–Trinajstić information content (AvgIpc) is 2.49. The van der Waals surface area contributed by atoms with Gasteiger partial charge in [-0.2, -0.15) is 11.8 Å². The first-order valence-corrected chi connectivity index (χ1v) is 8.74. The number of benzene rings is 1. The van der Waals surface area contributed by atoms with Gasteiger partial charge < -0.3 is 5.32 Å². The Morgan fingerprint density at radius 2 is 1.74 bits per heavy atom. The minimum Gasteiger partial charge on any atom is -0.312 e. The standard InChI is InChI=1S/C17H29NS/c1-5-16(13-15-11-9-8-10-12-15)18-14-17(6-2,7-3)19-4/h8-12,16,18H,5-7,13-14H2,1-4H3. The van der Waals surface area contributed by atoms with E-state index in [0.29, 0.717) is 10.8 Å². The molecule has 108 valence electrons. The summed E-state index contributed by atoms with van der Waals surface area (Å²) < 4.78 is 0.407. The summed E-state index contributed by atoms with van der Waals surface area (Å²) in [6, 6.07) is 11.4. The predicted molar refractivity (Wildman–Crippen MR) is 89.1 cm³/mol. The molecule has 0 saturated carbocycles. The lowest BCUT2D eigenvalue weighted by Gasteiger charge is -2.32. The quantitative estimate of drug-likeness (QED) is 0.713. The molecule has 2 heteroatoms. The van der Waals surface area contributed by atoms with Crippen molar-refractivity contribution in [2.45, 2.75) is 57.2 Å². The maximum Gasteiger partial charge on any atom is 0.0276 e. The van der Waals surface area contributed by atoms with Crippen LogP contribution >= 0.6 is 11.8 Å². The van der Waals surface area contributed by atoms with E-state index >= 15 is 0 Å². The Kier molecular flexibility index (Phi) is 7.55. The molecule has 0 bridgehead atoms. The third-order valence-electron chi connectivity index (χ3n) is 4.25. The number of hydrogen-bond acceptors (Lipinski definition) is 2. The first-order chi connectivity index (χ1) is 9.19. The molecule has 1 N–H and O–H groups in total. The lowest BCUT2D eigenvalue weighted by molar-refractivity contribution is 0.428. The summed E-state index contributed by atoms with van der Waals surface area (Å²) in [6.45, 7) is 8.01. The van der Waals surface area contributed by atoms with Gasteiger partial charge >= 0.3 is 0 Å². The van der Waals surface area contributed by atoms with Gasteiger partial charge in [-0.15, -0.1) is 0 Å². The van der Waals surface area contributed by atoms with Crippen LogP contribution in [0, 0.1) is 0 Å². The summed E-state index contributed by atoms with van der Waals surface area (Å²) in [6.07, 6.45) is 7.04. The molecule has 0 spiro atoms. The van der Waals surface area contributed by atoms with Gasteiger partial charge in [0.1, 0.15) is 0 Å². The molecular formula is C17H29NS. The van der Waals surface area contributed by atoms with Crippen LogP contribution in [0.4, 0.5) is 0 Å². The first kappa shape index (κ1) is 16.6. The minimum absolute atomic E-state index is 0.407. The van der Waals surface area contributed by atoms with Crippen molar-refractivity contribution in [3.8, 4) is 0 Å². The molecule has 0 fully saturated rings. The largest absolute Gasteiger partial charge is 0.312 e. The highest BCUT2D eigenvalue weighted by atomic mass is 32.2. The van der Waals surface area contributed by atoms with Crippen LogP contribution in [0.5, 0.6) is 0 Å². The van der Waals surface area contributed by atoms with E-state index in [9.17, 15) is 0 Å². The van der Waals surface area contributed by atoms with Crippen LogP contribution in [0.1, 0.15) is 45.6 Å². The summed E-state index contributed by atoms with van der Waals surface area (Å²) >= 11 is 2.01. The molecule has 1 rings (SSSR count). The van der Waals surface area contributed by atoms with E-state index in [-0.39, 0.29) is 0 Å². The molecule has 1 unspecified atom stereocenters. The third-order valence-corrected chi connectivity index (χ3v) is 5.84. The van der Waals surface area contributed by atoms with Crippen molar-refractivity contribution in [3.63, 3.8) is 0 Å². The second-order valence-electron chi connectivity index (χ2n) is 5.27. The van der Waals surface area contributed by atoms with E-state index in [4.69, 9.17) is 0 Å². The van der Waals surface area contributed by atoms with E-state index in [1.807, 2.05) is 11.8 Å². The molecule has 0 aromatic heterocycles. The Morgan fingerprint density at radius 3 is 2.21 bits per heavy atom. The smallest absolute Gasteiger partial charge is 0.0276 e. The van der Waals surface area contributed by atoms with Crippen molar-refractivity contribution >= 4 is 11.8 Å². The summed E-state index contributed by atoms with van der Waals surface area (Å²) in [5.41, 5.74) is 1.43.